The van der Waals surface area contributed by atoms with E-state index in [1.807, 2.05) is 13.8 Å². The first-order valence-corrected chi connectivity index (χ1v) is 11.7. The molecule has 0 aliphatic rings. The Balaban J connectivity index is 0.00000134. The minimum Gasteiger partial charge on any atom is -0.472 e. The highest BCUT2D eigenvalue weighted by molar-refractivity contribution is 5.85. The first kappa shape index (κ1) is 28.9. The maximum absolute atomic E-state index is 15.0. The molecule has 7 nitrogen and oxygen atoms in total. The van der Waals surface area contributed by atoms with Crippen LogP contribution in [0.5, 0.6) is 5.88 Å². The lowest BCUT2D eigenvalue weighted by molar-refractivity contribution is -0.191. The number of carbonyl (C=O) groups excluding carboxylic acids is 2. The summed E-state index contributed by atoms with van der Waals surface area (Å²) in [5.74, 6) is -1.06. The van der Waals surface area contributed by atoms with Gasteiger partial charge in [0.2, 0.25) is 11.8 Å². The van der Waals surface area contributed by atoms with Crippen LogP contribution in [0.15, 0.2) is 54.6 Å². The van der Waals surface area contributed by atoms with E-state index in [-0.39, 0.29) is 41.8 Å². The molecule has 0 saturated carbocycles. The van der Waals surface area contributed by atoms with Crippen molar-refractivity contribution < 1.29 is 31.9 Å². The fourth-order valence-electron chi connectivity index (χ4n) is 3.89. The second-order valence-corrected chi connectivity index (χ2v) is 8.69. The molecule has 0 aliphatic heterocycles. The van der Waals surface area contributed by atoms with Gasteiger partial charge in [-0.2, -0.15) is 14.6 Å². The Morgan fingerprint density at radius 2 is 1.62 bits per heavy atom. The molecular formula is C28H24F4N4O3. The SMILES string of the molecule is Cc1cc(-c2c(OCc3cccc(C(C)C)c3F)nc(N)nc2-c2ccc(F)cc2)cc(C(F)F)n1.O=C=O. The Morgan fingerprint density at radius 1 is 0.949 bits per heavy atom. The van der Waals surface area contributed by atoms with Gasteiger partial charge in [0, 0.05) is 16.8 Å². The molecule has 0 fully saturated rings. The van der Waals surface area contributed by atoms with Gasteiger partial charge in [-0.15, -0.1) is 0 Å². The molecule has 4 rings (SSSR count). The van der Waals surface area contributed by atoms with Gasteiger partial charge in [0.1, 0.15) is 23.9 Å². The molecule has 0 radical (unpaired) electrons. The Morgan fingerprint density at radius 3 is 2.23 bits per heavy atom. The molecule has 2 N–H and O–H groups in total. The Hall–Kier alpha value is -4.63. The minimum absolute atomic E-state index is 0.0259. The molecule has 2 aromatic heterocycles. The monoisotopic (exact) mass is 540 g/mol. The number of halogens is 4. The zero-order valence-corrected chi connectivity index (χ0v) is 21.2. The topological polar surface area (TPSA) is 108 Å². The molecule has 4 aromatic rings. The maximum Gasteiger partial charge on any atom is 0.373 e. The van der Waals surface area contributed by atoms with Gasteiger partial charge in [0.25, 0.3) is 6.43 Å². The van der Waals surface area contributed by atoms with Crippen LogP contribution in [0.4, 0.5) is 23.5 Å². The van der Waals surface area contributed by atoms with Gasteiger partial charge in [-0.1, -0.05) is 32.0 Å². The molecule has 0 bridgehead atoms. The third-order valence-corrected chi connectivity index (χ3v) is 5.59. The second-order valence-electron chi connectivity index (χ2n) is 8.69. The van der Waals surface area contributed by atoms with Gasteiger partial charge in [-0.3, -0.25) is 4.98 Å². The van der Waals surface area contributed by atoms with Crippen LogP contribution in [0.2, 0.25) is 0 Å². The van der Waals surface area contributed by atoms with E-state index in [1.54, 1.807) is 31.2 Å². The van der Waals surface area contributed by atoms with Crippen molar-refractivity contribution >= 4 is 12.1 Å². The van der Waals surface area contributed by atoms with Crippen molar-refractivity contribution in [3.8, 4) is 28.3 Å². The number of aromatic nitrogens is 3. The quantitative estimate of drug-likeness (QED) is 0.269. The van der Waals surface area contributed by atoms with Crippen molar-refractivity contribution in [1.29, 1.82) is 0 Å². The van der Waals surface area contributed by atoms with Crippen molar-refractivity contribution in [2.24, 2.45) is 0 Å². The number of aryl methyl sites for hydroxylation is 1. The van der Waals surface area contributed by atoms with E-state index < -0.39 is 23.8 Å². The molecule has 0 saturated heterocycles. The van der Waals surface area contributed by atoms with Crippen LogP contribution in [-0.4, -0.2) is 21.1 Å². The summed E-state index contributed by atoms with van der Waals surface area (Å²) in [6.45, 7) is 5.16. The smallest absolute Gasteiger partial charge is 0.373 e. The highest BCUT2D eigenvalue weighted by atomic mass is 19.3. The van der Waals surface area contributed by atoms with Crippen molar-refractivity contribution in [2.45, 2.75) is 39.7 Å². The van der Waals surface area contributed by atoms with Gasteiger partial charge < -0.3 is 10.5 Å². The number of pyridine rings is 1. The summed E-state index contributed by atoms with van der Waals surface area (Å²) >= 11 is 0. The molecule has 0 unspecified atom stereocenters. The zero-order valence-electron chi connectivity index (χ0n) is 21.2. The maximum atomic E-state index is 15.0. The highest BCUT2D eigenvalue weighted by Gasteiger charge is 2.22. The van der Waals surface area contributed by atoms with Crippen LogP contribution >= 0.6 is 0 Å². The van der Waals surface area contributed by atoms with Crippen LogP contribution in [0.25, 0.3) is 22.4 Å². The Kier molecular flexibility index (Phi) is 9.46. The van der Waals surface area contributed by atoms with E-state index in [2.05, 4.69) is 15.0 Å². The highest BCUT2D eigenvalue weighted by Crippen LogP contribution is 2.39. The molecule has 0 spiro atoms. The molecule has 0 aliphatic carbocycles. The molecule has 0 amide bonds. The predicted octanol–water partition coefficient (Wildman–Crippen LogP) is 6.43. The lowest BCUT2D eigenvalue weighted by Gasteiger charge is -2.17. The fourth-order valence-corrected chi connectivity index (χ4v) is 3.89. The number of nitrogen functional groups attached to an aromatic ring is 1. The van der Waals surface area contributed by atoms with Gasteiger partial charge in [0.15, 0.2) is 0 Å². The van der Waals surface area contributed by atoms with Crippen molar-refractivity contribution in [3.63, 3.8) is 0 Å². The van der Waals surface area contributed by atoms with Crippen LogP contribution in [-0.2, 0) is 16.2 Å². The lowest BCUT2D eigenvalue weighted by Crippen LogP contribution is -2.08. The molecule has 0 atom stereocenters. The normalized spacial score (nSPS) is 10.7. The summed E-state index contributed by atoms with van der Waals surface area (Å²) in [4.78, 5) is 28.7. The molecule has 2 aromatic carbocycles. The summed E-state index contributed by atoms with van der Waals surface area (Å²) < 4.78 is 61.7. The van der Waals surface area contributed by atoms with Gasteiger partial charge >= 0.3 is 6.15 Å². The van der Waals surface area contributed by atoms with Gasteiger partial charge in [0.05, 0.1) is 11.3 Å². The molecule has 202 valence electrons. The number of benzene rings is 2. The van der Waals surface area contributed by atoms with E-state index in [4.69, 9.17) is 20.1 Å². The number of nitrogens with zero attached hydrogens (tertiary/aromatic N) is 3. The third-order valence-electron chi connectivity index (χ3n) is 5.59. The molecule has 2 heterocycles. The first-order valence-electron chi connectivity index (χ1n) is 11.7. The van der Waals surface area contributed by atoms with Crippen LogP contribution in [0.1, 0.15) is 48.7 Å². The number of hydrogen-bond donors (Lipinski definition) is 1. The van der Waals surface area contributed by atoms with E-state index in [0.29, 0.717) is 27.9 Å². The summed E-state index contributed by atoms with van der Waals surface area (Å²) in [7, 11) is 0. The lowest BCUT2D eigenvalue weighted by atomic mass is 9.99. The van der Waals surface area contributed by atoms with Crippen molar-refractivity contribution in [1.82, 2.24) is 15.0 Å². The zero-order chi connectivity index (χ0) is 28.7. The number of nitrogens with two attached hydrogens (primary N) is 1. The van der Waals surface area contributed by atoms with Crippen LogP contribution < -0.4 is 10.5 Å². The van der Waals surface area contributed by atoms with Crippen LogP contribution in [0, 0.1) is 18.6 Å². The molecule has 39 heavy (non-hydrogen) atoms. The van der Waals surface area contributed by atoms with Crippen LogP contribution in [0.3, 0.4) is 0 Å². The number of hydrogen-bond acceptors (Lipinski definition) is 7. The van der Waals surface area contributed by atoms with E-state index in [1.165, 1.54) is 30.3 Å². The minimum atomic E-state index is -2.81. The first-order chi connectivity index (χ1) is 18.5. The number of alkyl halides is 2. The summed E-state index contributed by atoms with van der Waals surface area (Å²) in [6, 6.07) is 13.3. The second kappa shape index (κ2) is 12.7. The fraction of sp³-hybridized carbons (Fsp3) is 0.214. The summed E-state index contributed by atoms with van der Waals surface area (Å²) in [6.07, 6.45) is -2.56. The Labute approximate surface area is 221 Å². The summed E-state index contributed by atoms with van der Waals surface area (Å²) in [5, 5.41) is 0. The van der Waals surface area contributed by atoms with E-state index >= 15 is 4.39 Å². The third kappa shape index (κ3) is 7.03. The van der Waals surface area contributed by atoms with Crippen molar-refractivity contribution in [2.75, 3.05) is 5.73 Å². The largest absolute Gasteiger partial charge is 0.472 e. The Bertz CT molecular complexity index is 1490. The standard InChI is InChI=1S/C27H24F4N4O.CO2/c1-14(2)20-6-4-5-17(23(20)29)13-36-26-22(18-11-15(3)33-21(12-18)25(30)31)24(34-27(32)35-26)16-7-9-19(28)10-8-16;2-1-3/h4-12,14,25H,13H2,1-3H3,(H2,32,34,35);. The number of anilines is 1. The molecular weight excluding hydrogens is 516 g/mol. The number of ether oxygens (including phenoxy) is 1. The van der Waals surface area contributed by atoms with E-state index in [9.17, 15) is 13.2 Å². The average Bonchev–Trinajstić information content (AvgIpc) is 2.88. The van der Waals surface area contributed by atoms with Gasteiger partial charge in [-0.05, 0) is 60.4 Å². The van der Waals surface area contributed by atoms with E-state index in [0.717, 1.165) is 0 Å². The summed E-state index contributed by atoms with van der Waals surface area (Å²) in [5.41, 5.74) is 7.98. The van der Waals surface area contributed by atoms with Crippen molar-refractivity contribution in [3.05, 3.63) is 88.7 Å². The average molecular weight is 541 g/mol. The van der Waals surface area contributed by atoms with Gasteiger partial charge in [-0.25, -0.2) is 22.5 Å². The number of rotatable bonds is 7. The predicted molar refractivity (Wildman–Crippen MR) is 135 cm³/mol. The molecule has 11 heteroatoms.